The van der Waals surface area contributed by atoms with Gasteiger partial charge in [0, 0.05) is 32.1 Å². The zero-order valence-corrected chi connectivity index (χ0v) is 11.8. The van der Waals surface area contributed by atoms with Crippen molar-refractivity contribution in [1.29, 1.82) is 0 Å². The molecule has 5 heteroatoms. The van der Waals surface area contributed by atoms with E-state index in [9.17, 15) is 9.59 Å². The summed E-state index contributed by atoms with van der Waals surface area (Å²) in [7, 11) is 0. The number of hydrogen-bond donors (Lipinski definition) is 2. The Balaban J connectivity index is 1.76. The first-order chi connectivity index (χ1) is 9.11. The lowest BCUT2D eigenvalue weighted by Gasteiger charge is -2.34. The largest absolute Gasteiger partial charge is 0.353 e. The molecule has 1 aliphatic carbocycles. The van der Waals surface area contributed by atoms with Gasteiger partial charge in [0.1, 0.15) is 0 Å². The number of rotatable bonds is 5. The zero-order chi connectivity index (χ0) is 13.9. The van der Waals surface area contributed by atoms with E-state index in [1.807, 2.05) is 11.8 Å². The Kier molecular flexibility index (Phi) is 4.45. The molecule has 0 aromatic carbocycles. The number of nitrogens with one attached hydrogen (secondary N) is 1. The fraction of sp³-hybridized carbons (Fsp3) is 0.857. The summed E-state index contributed by atoms with van der Waals surface area (Å²) < 4.78 is 0. The highest BCUT2D eigenvalue weighted by atomic mass is 16.2. The second-order valence-corrected chi connectivity index (χ2v) is 5.87. The SMILES string of the molecule is CCCC(=O)NC1CCN(C(=O)C2(CN)CC2)CC1. The van der Waals surface area contributed by atoms with E-state index in [0.29, 0.717) is 13.0 Å². The molecular formula is C14H25N3O2. The third kappa shape index (κ3) is 3.26. The van der Waals surface area contributed by atoms with Crippen LogP contribution in [0.3, 0.4) is 0 Å². The molecule has 1 aliphatic heterocycles. The lowest BCUT2D eigenvalue weighted by molar-refractivity contribution is -0.137. The van der Waals surface area contributed by atoms with Gasteiger partial charge in [-0.25, -0.2) is 0 Å². The summed E-state index contributed by atoms with van der Waals surface area (Å²) >= 11 is 0. The number of carbonyl (C=O) groups excluding carboxylic acids is 2. The molecule has 2 rings (SSSR count). The van der Waals surface area contributed by atoms with Crippen LogP contribution in [-0.4, -0.2) is 42.4 Å². The number of likely N-dealkylation sites (tertiary alicyclic amines) is 1. The van der Waals surface area contributed by atoms with Crippen molar-refractivity contribution in [2.75, 3.05) is 19.6 Å². The topological polar surface area (TPSA) is 75.4 Å². The second kappa shape index (κ2) is 5.90. The van der Waals surface area contributed by atoms with Crippen LogP contribution in [0.2, 0.25) is 0 Å². The molecule has 0 aromatic heterocycles. The number of piperidine rings is 1. The minimum atomic E-state index is -0.238. The summed E-state index contributed by atoms with van der Waals surface area (Å²) in [6.07, 6.45) is 5.08. The van der Waals surface area contributed by atoms with Crippen molar-refractivity contribution in [2.24, 2.45) is 11.1 Å². The van der Waals surface area contributed by atoms with E-state index >= 15 is 0 Å². The third-order valence-electron chi connectivity index (χ3n) is 4.32. The van der Waals surface area contributed by atoms with Crippen LogP contribution < -0.4 is 11.1 Å². The molecule has 1 saturated heterocycles. The molecule has 2 amide bonds. The molecule has 2 fully saturated rings. The molecule has 0 atom stereocenters. The van der Waals surface area contributed by atoms with E-state index in [0.717, 1.165) is 45.2 Å². The van der Waals surface area contributed by atoms with Gasteiger partial charge >= 0.3 is 0 Å². The Labute approximate surface area is 114 Å². The molecule has 19 heavy (non-hydrogen) atoms. The highest BCUT2D eigenvalue weighted by molar-refractivity contribution is 5.85. The standard InChI is InChI=1S/C14H25N3O2/c1-2-3-12(18)16-11-4-8-17(9-5-11)13(19)14(10-15)6-7-14/h11H,2-10,15H2,1H3,(H,16,18). The van der Waals surface area contributed by atoms with Crippen molar-refractivity contribution in [1.82, 2.24) is 10.2 Å². The first-order valence-corrected chi connectivity index (χ1v) is 7.40. The van der Waals surface area contributed by atoms with Gasteiger partial charge < -0.3 is 16.0 Å². The number of carbonyl (C=O) groups is 2. The van der Waals surface area contributed by atoms with Gasteiger partial charge in [0.15, 0.2) is 0 Å². The normalized spacial score (nSPS) is 22.1. The average molecular weight is 267 g/mol. The van der Waals surface area contributed by atoms with Gasteiger partial charge in [-0.2, -0.15) is 0 Å². The van der Waals surface area contributed by atoms with E-state index in [2.05, 4.69) is 5.32 Å². The van der Waals surface area contributed by atoms with Gasteiger partial charge in [-0.15, -0.1) is 0 Å². The van der Waals surface area contributed by atoms with E-state index in [1.165, 1.54) is 0 Å². The van der Waals surface area contributed by atoms with E-state index in [1.54, 1.807) is 0 Å². The predicted octanol–water partition coefficient (Wildman–Crippen LogP) is 0.633. The van der Waals surface area contributed by atoms with Crippen LogP contribution >= 0.6 is 0 Å². The summed E-state index contributed by atoms with van der Waals surface area (Å²) in [6, 6.07) is 0.233. The zero-order valence-electron chi connectivity index (χ0n) is 11.8. The van der Waals surface area contributed by atoms with Crippen molar-refractivity contribution in [2.45, 2.75) is 51.5 Å². The molecule has 0 radical (unpaired) electrons. The maximum Gasteiger partial charge on any atom is 0.230 e. The van der Waals surface area contributed by atoms with Crippen LogP contribution in [0, 0.1) is 5.41 Å². The smallest absolute Gasteiger partial charge is 0.230 e. The lowest BCUT2D eigenvalue weighted by Crippen LogP contribution is -2.49. The third-order valence-corrected chi connectivity index (χ3v) is 4.32. The predicted molar refractivity (Wildman–Crippen MR) is 73.4 cm³/mol. The van der Waals surface area contributed by atoms with Crippen LogP contribution in [0.1, 0.15) is 45.4 Å². The van der Waals surface area contributed by atoms with Gasteiger partial charge in [-0.05, 0) is 32.1 Å². The first kappa shape index (κ1) is 14.3. The minimum Gasteiger partial charge on any atom is -0.353 e. The van der Waals surface area contributed by atoms with Crippen LogP contribution in [0.5, 0.6) is 0 Å². The van der Waals surface area contributed by atoms with E-state index in [-0.39, 0.29) is 23.3 Å². The Morgan fingerprint density at radius 1 is 1.32 bits per heavy atom. The van der Waals surface area contributed by atoms with Gasteiger partial charge in [0.05, 0.1) is 5.41 Å². The van der Waals surface area contributed by atoms with Gasteiger partial charge in [0.25, 0.3) is 0 Å². The molecule has 3 N–H and O–H groups in total. The van der Waals surface area contributed by atoms with Gasteiger partial charge in [0.2, 0.25) is 11.8 Å². The number of amides is 2. The monoisotopic (exact) mass is 267 g/mol. The van der Waals surface area contributed by atoms with Crippen molar-refractivity contribution < 1.29 is 9.59 Å². The van der Waals surface area contributed by atoms with Crippen molar-refractivity contribution in [3.05, 3.63) is 0 Å². The van der Waals surface area contributed by atoms with E-state index < -0.39 is 0 Å². The van der Waals surface area contributed by atoms with Crippen molar-refractivity contribution in [3.8, 4) is 0 Å². The Morgan fingerprint density at radius 2 is 1.95 bits per heavy atom. The number of nitrogens with two attached hydrogens (primary N) is 1. The number of hydrogen-bond acceptors (Lipinski definition) is 3. The maximum absolute atomic E-state index is 12.3. The number of nitrogens with zero attached hydrogens (tertiary/aromatic N) is 1. The summed E-state index contributed by atoms with van der Waals surface area (Å²) in [4.78, 5) is 25.8. The Hall–Kier alpha value is -1.10. The van der Waals surface area contributed by atoms with Crippen molar-refractivity contribution in [3.63, 3.8) is 0 Å². The maximum atomic E-state index is 12.3. The fourth-order valence-corrected chi connectivity index (χ4v) is 2.75. The first-order valence-electron chi connectivity index (χ1n) is 7.40. The molecule has 0 bridgehead atoms. The van der Waals surface area contributed by atoms with E-state index in [4.69, 9.17) is 5.73 Å². The summed E-state index contributed by atoms with van der Waals surface area (Å²) in [6.45, 7) is 3.97. The van der Waals surface area contributed by atoms with Crippen LogP contribution in [0.25, 0.3) is 0 Å². The Morgan fingerprint density at radius 3 is 2.42 bits per heavy atom. The molecule has 0 unspecified atom stereocenters. The van der Waals surface area contributed by atoms with Gasteiger partial charge in [-0.3, -0.25) is 9.59 Å². The quantitative estimate of drug-likeness (QED) is 0.767. The molecule has 1 saturated carbocycles. The highest BCUT2D eigenvalue weighted by Crippen LogP contribution is 2.46. The summed E-state index contributed by atoms with van der Waals surface area (Å²) in [5, 5.41) is 3.05. The van der Waals surface area contributed by atoms with Crippen LogP contribution in [0.15, 0.2) is 0 Å². The molecule has 1 heterocycles. The van der Waals surface area contributed by atoms with Crippen molar-refractivity contribution >= 4 is 11.8 Å². The molecule has 2 aliphatic rings. The van der Waals surface area contributed by atoms with Crippen LogP contribution in [0.4, 0.5) is 0 Å². The Bertz CT molecular complexity index is 345. The average Bonchev–Trinajstić information content (AvgIpc) is 3.20. The molecule has 0 aromatic rings. The summed E-state index contributed by atoms with van der Waals surface area (Å²) in [5.41, 5.74) is 5.46. The fourth-order valence-electron chi connectivity index (χ4n) is 2.75. The molecular weight excluding hydrogens is 242 g/mol. The summed E-state index contributed by atoms with van der Waals surface area (Å²) in [5.74, 6) is 0.362. The van der Waals surface area contributed by atoms with Crippen LogP contribution in [-0.2, 0) is 9.59 Å². The highest BCUT2D eigenvalue weighted by Gasteiger charge is 2.50. The minimum absolute atomic E-state index is 0.132. The molecule has 5 nitrogen and oxygen atoms in total. The molecule has 0 spiro atoms. The molecule has 108 valence electrons. The second-order valence-electron chi connectivity index (χ2n) is 5.87. The van der Waals surface area contributed by atoms with Gasteiger partial charge in [-0.1, -0.05) is 6.92 Å². The lowest BCUT2D eigenvalue weighted by atomic mass is 10.0.